The minimum Gasteiger partial charge on any atom is -0.369 e. The molecule has 1 aromatic rings. The first-order chi connectivity index (χ1) is 9.82. The molecule has 1 aromatic carbocycles. The number of primary amides is 1. The van der Waals surface area contributed by atoms with Crippen LogP contribution < -0.4 is 11.5 Å². The van der Waals surface area contributed by atoms with Crippen molar-refractivity contribution in [2.24, 2.45) is 11.5 Å². The summed E-state index contributed by atoms with van der Waals surface area (Å²) in [5.74, 6) is -0.665. The number of nitrogens with two attached hydrogens (primary N) is 2. The van der Waals surface area contributed by atoms with Gasteiger partial charge >= 0.3 is 0 Å². The van der Waals surface area contributed by atoms with Crippen molar-refractivity contribution in [2.45, 2.75) is 38.1 Å². The molecule has 0 spiro atoms. The zero-order valence-corrected chi connectivity index (χ0v) is 13.3. The molecule has 0 aliphatic heterocycles. The van der Waals surface area contributed by atoms with Gasteiger partial charge < -0.3 is 11.5 Å². The van der Waals surface area contributed by atoms with Crippen LogP contribution in [0.2, 0.25) is 0 Å². The van der Waals surface area contributed by atoms with E-state index in [1.165, 1.54) is 0 Å². The Morgan fingerprint density at radius 3 is 2.52 bits per heavy atom. The Balaban J connectivity index is 3.23. The molecule has 0 aliphatic carbocycles. The quantitative estimate of drug-likeness (QED) is 0.737. The lowest BCUT2D eigenvalue weighted by Crippen LogP contribution is -2.39. The van der Waals surface area contributed by atoms with Gasteiger partial charge in [-0.05, 0) is 30.5 Å². The second-order valence-corrected chi connectivity index (χ2v) is 6.87. The Labute approximate surface area is 126 Å². The molecule has 0 saturated carbocycles. The summed E-state index contributed by atoms with van der Waals surface area (Å²) in [6.45, 7) is 3.89. The van der Waals surface area contributed by atoms with E-state index in [2.05, 4.69) is 0 Å². The molecule has 0 bridgehead atoms. The fourth-order valence-corrected chi connectivity index (χ4v) is 3.70. The topological polar surface area (TPSA) is 106 Å². The first kappa shape index (κ1) is 17.6. The maximum Gasteiger partial charge on any atom is 0.243 e. The van der Waals surface area contributed by atoms with Gasteiger partial charge in [0.25, 0.3) is 0 Å². The van der Waals surface area contributed by atoms with Crippen molar-refractivity contribution in [3.63, 3.8) is 0 Å². The standard InChI is InChI=1S/C14H23N3O3S/c1-3-4-7-17(10-14(16)18)21(19,20)13-8-12(9-15)6-5-11(13)2/h5-6,8H,3-4,7,9-10,15H2,1-2H3,(H2,16,18). The number of carbonyl (C=O) groups is 1. The second kappa shape index (κ2) is 7.53. The summed E-state index contributed by atoms with van der Waals surface area (Å²) in [4.78, 5) is 11.3. The highest BCUT2D eigenvalue weighted by Crippen LogP contribution is 2.21. The Bertz CT molecular complexity index is 599. The molecule has 0 fully saturated rings. The number of unbranched alkanes of at least 4 members (excludes halogenated alkanes) is 1. The molecule has 0 aromatic heterocycles. The SMILES string of the molecule is CCCCN(CC(N)=O)S(=O)(=O)c1cc(CN)ccc1C. The summed E-state index contributed by atoms with van der Waals surface area (Å²) in [7, 11) is -3.75. The van der Waals surface area contributed by atoms with E-state index in [0.29, 0.717) is 12.0 Å². The average Bonchev–Trinajstić information content (AvgIpc) is 2.43. The van der Waals surface area contributed by atoms with Crippen LogP contribution >= 0.6 is 0 Å². The predicted molar refractivity (Wildman–Crippen MR) is 81.9 cm³/mol. The van der Waals surface area contributed by atoms with Crippen LogP contribution in [0.4, 0.5) is 0 Å². The molecule has 0 heterocycles. The largest absolute Gasteiger partial charge is 0.369 e. The van der Waals surface area contributed by atoms with E-state index in [4.69, 9.17) is 11.5 Å². The molecule has 4 N–H and O–H groups in total. The van der Waals surface area contributed by atoms with Crippen molar-refractivity contribution in [3.05, 3.63) is 29.3 Å². The Morgan fingerprint density at radius 2 is 2.00 bits per heavy atom. The van der Waals surface area contributed by atoms with Crippen molar-refractivity contribution >= 4 is 15.9 Å². The van der Waals surface area contributed by atoms with Crippen LogP contribution in [0.3, 0.4) is 0 Å². The molecule has 0 aliphatic rings. The highest BCUT2D eigenvalue weighted by Gasteiger charge is 2.27. The van der Waals surface area contributed by atoms with Gasteiger partial charge in [-0.3, -0.25) is 4.79 Å². The van der Waals surface area contributed by atoms with Crippen LogP contribution in [0, 0.1) is 6.92 Å². The summed E-state index contributed by atoms with van der Waals surface area (Å²) in [5, 5.41) is 0. The molecule has 0 unspecified atom stereocenters. The molecule has 0 saturated heterocycles. The van der Waals surface area contributed by atoms with Crippen molar-refractivity contribution in [2.75, 3.05) is 13.1 Å². The molecular formula is C14H23N3O3S. The third-order valence-electron chi connectivity index (χ3n) is 3.20. The maximum atomic E-state index is 12.7. The van der Waals surface area contributed by atoms with Gasteiger partial charge in [0.15, 0.2) is 0 Å². The number of nitrogens with zero attached hydrogens (tertiary/aromatic N) is 1. The molecule has 1 amide bonds. The first-order valence-electron chi connectivity index (χ1n) is 6.91. The molecule has 0 radical (unpaired) electrons. The number of hydrogen-bond acceptors (Lipinski definition) is 4. The summed E-state index contributed by atoms with van der Waals surface area (Å²) in [6.07, 6.45) is 1.49. The number of sulfonamides is 1. The van der Waals surface area contributed by atoms with Crippen molar-refractivity contribution in [1.82, 2.24) is 4.31 Å². The number of hydrogen-bond donors (Lipinski definition) is 2. The molecule has 21 heavy (non-hydrogen) atoms. The molecule has 0 atom stereocenters. The number of rotatable bonds is 8. The lowest BCUT2D eigenvalue weighted by molar-refractivity contribution is -0.118. The van der Waals surface area contributed by atoms with E-state index in [-0.39, 0.29) is 24.5 Å². The first-order valence-corrected chi connectivity index (χ1v) is 8.35. The molecule has 1 rings (SSSR count). The van der Waals surface area contributed by atoms with Crippen molar-refractivity contribution in [1.29, 1.82) is 0 Å². The monoisotopic (exact) mass is 313 g/mol. The van der Waals surface area contributed by atoms with E-state index >= 15 is 0 Å². The van der Waals surface area contributed by atoms with Gasteiger partial charge in [-0.1, -0.05) is 25.5 Å². The number of amides is 1. The molecule has 118 valence electrons. The summed E-state index contributed by atoms with van der Waals surface area (Å²) in [5.41, 5.74) is 12.1. The van der Waals surface area contributed by atoms with Crippen LogP contribution in [0.5, 0.6) is 0 Å². The second-order valence-electron chi connectivity index (χ2n) is 4.96. The number of aryl methyl sites for hydroxylation is 1. The highest BCUT2D eigenvalue weighted by atomic mass is 32.2. The number of benzene rings is 1. The smallest absolute Gasteiger partial charge is 0.243 e. The molecular weight excluding hydrogens is 290 g/mol. The van der Waals surface area contributed by atoms with Crippen LogP contribution in [0.25, 0.3) is 0 Å². The van der Waals surface area contributed by atoms with Gasteiger partial charge in [-0.2, -0.15) is 4.31 Å². The van der Waals surface area contributed by atoms with E-state index in [1.54, 1.807) is 25.1 Å². The minimum absolute atomic E-state index is 0.183. The lowest BCUT2D eigenvalue weighted by Gasteiger charge is -2.22. The summed E-state index contributed by atoms with van der Waals surface area (Å²) < 4.78 is 26.6. The van der Waals surface area contributed by atoms with Gasteiger partial charge in [0.05, 0.1) is 11.4 Å². The van der Waals surface area contributed by atoms with Gasteiger partial charge in [0, 0.05) is 13.1 Å². The van der Waals surface area contributed by atoms with Crippen LogP contribution in [0.1, 0.15) is 30.9 Å². The van der Waals surface area contributed by atoms with E-state index in [1.807, 2.05) is 6.92 Å². The normalized spacial score (nSPS) is 11.8. The summed E-state index contributed by atoms with van der Waals surface area (Å²) >= 11 is 0. The fourth-order valence-electron chi connectivity index (χ4n) is 1.98. The Hall–Kier alpha value is -1.44. The van der Waals surface area contributed by atoms with Gasteiger partial charge in [0.1, 0.15) is 0 Å². The van der Waals surface area contributed by atoms with Gasteiger partial charge in [-0.25, -0.2) is 8.42 Å². The van der Waals surface area contributed by atoms with Crippen LogP contribution in [0.15, 0.2) is 23.1 Å². The predicted octanol–water partition coefficient (Wildman–Crippen LogP) is 0.730. The summed E-state index contributed by atoms with van der Waals surface area (Å²) in [6, 6.07) is 5.07. The zero-order valence-electron chi connectivity index (χ0n) is 12.5. The number of carbonyl (C=O) groups excluding carboxylic acids is 1. The average molecular weight is 313 g/mol. The van der Waals surface area contributed by atoms with Crippen LogP contribution in [-0.4, -0.2) is 31.7 Å². The third kappa shape index (κ3) is 4.52. The van der Waals surface area contributed by atoms with Crippen molar-refractivity contribution in [3.8, 4) is 0 Å². The molecule has 7 heteroatoms. The van der Waals surface area contributed by atoms with E-state index in [0.717, 1.165) is 16.3 Å². The Morgan fingerprint density at radius 1 is 1.33 bits per heavy atom. The Kier molecular flexibility index (Phi) is 6.32. The maximum absolute atomic E-state index is 12.7. The third-order valence-corrected chi connectivity index (χ3v) is 5.19. The van der Waals surface area contributed by atoms with Gasteiger partial charge in [0.2, 0.25) is 15.9 Å². The molecule has 6 nitrogen and oxygen atoms in total. The zero-order chi connectivity index (χ0) is 16.0. The minimum atomic E-state index is -3.75. The van der Waals surface area contributed by atoms with E-state index < -0.39 is 15.9 Å². The van der Waals surface area contributed by atoms with E-state index in [9.17, 15) is 13.2 Å². The van der Waals surface area contributed by atoms with Crippen LogP contribution in [-0.2, 0) is 21.4 Å². The highest BCUT2D eigenvalue weighted by molar-refractivity contribution is 7.89. The lowest BCUT2D eigenvalue weighted by atomic mass is 10.1. The van der Waals surface area contributed by atoms with Crippen molar-refractivity contribution < 1.29 is 13.2 Å². The fraction of sp³-hybridized carbons (Fsp3) is 0.500. The van der Waals surface area contributed by atoms with Gasteiger partial charge in [-0.15, -0.1) is 0 Å².